The third-order valence-electron chi connectivity index (χ3n) is 4.73. The molecule has 3 aromatic rings. The Hall–Kier alpha value is -3.36. The van der Waals surface area contributed by atoms with E-state index in [9.17, 15) is 18.4 Å². The second kappa shape index (κ2) is 8.56. The zero-order valence-electron chi connectivity index (χ0n) is 17.1. The van der Waals surface area contributed by atoms with Crippen molar-refractivity contribution in [3.63, 3.8) is 0 Å². The molecule has 30 heavy (non-hydrogen) atoms. The Morgan fingerprint density at radius 3 is 2.67 bits per heavy atom. The summed E-state index contributed by atoms with van der Waals surface area (Å²) >= 11 is 0. The molecule has 0 aliphatic carbocycles. The van der Waals surface area contributed by atoms with Crippen LogP contribution in [0, 0.1) is 32.4 Å². The van der Waals surface area contributed by atoms with Gasteiger partial charge >= 0.3 is 5.97 Å². The van der Waals surface area contributed by atoms with E-state index in [0.717, 1.165) is 46.5 Å². The molecule has 0 aliphatic heterocycles. The number of nitrogens with zero attached hydrogens (tertiary/aromatic N) is 3. The average molecular weight is 416 g/mol. The Bertz CT molecular complexity index is 1130. The summed E-state index contributed by atoms with van der Waals surface area (Å²) in [4.78, 5) is 28.9. The maximum atomic E-state index is 13.7. The normalized spacial score (nSPS) is 12.1. The standard InChI is InChI=1S/C21H22F2N4O3/c1-11-9-19-24-12(2)16(13(3)27(19)26-11)6-8-20(28)30-14(4)21(29)25-18-10-15(22)5-7-17(18)23/h5,7,9-10,14H,6,8H2,1-4H3,(H,25,29)/t14-/m1/s1. The zero-order valence-corrected chi connectivity index (χ0v) is 17.1. The number of benzene rings is 1. The van der Waals surface area contributed by atoms with Crippen molar-refractivity contribution in [2.45, 2.75) is 46.6 Å². The van der Waals surface area contributed by atoms with E-state index >= 15 is 0 Å². The summed E-state index contributed by atoms with van der Waals surface area (Å²) in [6.07, 6.45) is -0.775. The van der Waals surface area contributed by atoms with Gasteiger partial charge < -0.3 is 10.1 Å². The van der Waals surface area contributed by atoms with Crippen molar-refractivity contribution in [3.05, 3.63) is 58.5 Å². The van der Waals surface area contributed by atoms with Gasteiger partial charge in [0.25, 0.3) is 5.91 Å². The van der Waals surface area contributed by atoms with E-state index in [1.54, 1.807) is 4.52 Å². The van der Waals surface area contributed by atoms with Gasteiger partial charge in [0.05, 0.1) is 11.4 Å². The van der Waals surface area contributed by atoms with Crippen molar-refractivity contribution in [1.82, 2.24) is 14.6 Å². The molecule has 0 radical (unpaired) electrons. The second-order valence-corrected chi connectivity index (χ2v) is 7.06. The summed E-state index contributed by atoms with van der Waals surface area (Å²) in [6.45, 7) is 7.00. The molecule has 0 saturated carbocycles. The minimum Gasteiger partial charge on any atom is -0.453 e. The van der Waals surface area contributed by atoms with Crippen LogP contribution in [0.3, 0.4) is 0 Å². The molecule has 7 nitrogen and oxygen atoms in total. The lowest BCUT2D eigenvalue weighted by Crippen LogP contribution is -2.30. The molecule has 0 spiro atoms. The first-order valence-corrected chi connectivity index (χ1v) is 9.43. The Balaban J connectivity index is 1.61. The number of amides is 1. The van der Waals surface area contributed by atoms with Gasteiger partial charge in [0.2, 0.25) is 0 Å². The number of ether oxygens (including phenoxy) is 1. The van der Waals surface area contributed by atoms with E-state index in [0.29, 0.717) is 6.42 Å². The quantitative estimate of drug-likeness (QED) is 0.622. The predicted molar refractivity (Wildman–Crippen MR) is 106 cm³/mol. The minimum absolute atomic E-state index is 0.0288. The second-order valence-electron chi connectivity index (χ2n) is 7.06. The van der Waals surface area contributed by atoms with Gasteiger partial charge in [-0.2, -0.15) is 5.10 Å². The first-order chi connectivity index (χ1) is 14.2. The molecule has 1 N–H and O–H groups in total. The molecule has 0 fully saturated rings. The molecule has 1 atom stereocenters. The number of hydrogen-bond acceptors (Lipinski definition) is 5. The molecule has 158 valence electrons. The summed E-state index contributed by atoms with van der Waals surface area (Å²) in [7, 11) is 0. The van der Waals surface area contributed by atoms with Crippen molar-refractivity contribution in [2.24, 2.45) is 0 Å². The highest BCUT2D eigenvalue weighted by Crippen LogP contribution is 2.18. The lowest BCUT2D eigenvalue weighted by Gasteiger charge is -2.15. The van der Waals surface area contributed by atoms with Crippen molar-refractivity contribution >= 4 is 23.2 Å². The van der Waals surface area contributed by atoms with Gasteiger partial charge in [-0.15, -0.1) is 0 Å². The number of hydrogen-bond donors (Lipinski definition) is 1. The number of aryl methyl sites for hydroxylation is 3. The minimum atomic E-state index is -1.17. The number of nitrogens with one attached hydrogen (secondary N) is 1. The maximum Gasteiger partial charge on any atom is 0.306 e. The number of rotatable bonds is 6. The molecule has 9 heteroatoms. The van der Waals surface area contributed by atoms with Gasteiger partial charge in [-0.1, -0.05) is 0 Å². The third kappa shape index (κ3) is 4.61. The maximum absolute atomic E-state index is 13.7. The van der Waals surface area contributed by atoms with Crippen LogP contribution in [0.2, 0.25) is 0 Å². The SMILES string of the molecule is Cc1cc2nc(C)c(CCC(=O)O[C@H](C)C(=O)Nc3cc(F)ccc3F)c(C)n2n1. The topological polar surface area (TPSA) is 85.6 Å². The summed E-state index contributed by atoms with van der Waals surface area (Å²) in [5, 5.41) is 6.61. The van der Waals surface area contributed by atoms with Crippen LogP contribution in [0.15, 0.2) is 24.3 Å². The smallest absolute Gasteiger partial charge is 0.306 e. The number of fused-ring (bicyclic) bond motifs is 1. The van der Waals surface area contributed by atoms with Gasteiger partial charge in [-0.3, -0.25) is 9.59 Å². The molecule has 0 bridgehead atoms. The number of carbonyl (C=O) groups excluding carboxylic acids is 2. The summed E-state index contributed by atoms with van der Waals surface area (Å²) in [6, 6.07) is 4.57. The van der Waals surface area contributed by atoms with Crippen molar-refractivity contribution in [1.29, 1.82) is 0 Å². The van der Waals surface area contributed by atoms with Crippen molar-refractivity contribution < 1.29 is 23.1 Å². The first-order valence-electron chi connectivity index (χ1n) is 9.43. The molecule has 0 aliphatic rings. The summed E-state index contributed by atoms with van der Waals surface area (Å²) in [5.41, 5.74) is 3.82. The van der Waals surface area contributed by atoms with Gasteiger partial charge in [0.1, 0.15) is 11.6 Å². The fourth-order valence-corrected chi connectivity index (χ4v) is 3.17. The summed E-state index contributed by atoms with van der Waals surface area (Å²) in [5.74, 6) is -2.82. The zero-order chi connectivity index (χ0) is 22.0. The van der Waals surface area contributed by atoms with Crippen LogP contribution in [0.1, 0.15) is 36.0 Å². The van der Waals surface area contributed by atoms with E-state index in [1.165, 1.54) is 6.92 Å². The molecule has 1 amide bonds. The van der Waals surface area contributed by atoms with Gasteiger partial charge in [-0.05, 0) is 51.8 Å². The number of carbonyl (C=O) groups is 2. The highest BCUT2D eigenvalue weighted by molar-refractivity contribution is 5.95. The van der Waals surface area contributed by atoms with Gasteiger partial charge in [0, 0.05) is 29.9 Å². The monoisotopic (exact) mass is 416 g/mol. The van der Waals surface area contributed by atoms with E-state index in [1.807, 2.05) is 26.8 Å². The lowest BCUT2D eigenvalue weighted by molar-refractivity contribution is -0.153. The first kappa shape index (κ1) is 21.4. The van der Waals surface area contributed by atoms with Crippen LogP contribution >= 0.6 is 0 Å². The highest BCUT2D eigenvalue weighted by Gasteiger charge is 2.20. The number of aromatic nitrogens is 3. The summed E-state index contributed by atoms with van der Waals surface area (Å²) < 4.78 is 33.7. The number of anilines is 1. The average Bonchev–Trinajstić information content (AvgIpc) is 3.04. The van der Waals surface area contributed by atoms with Gasteiger partial charge in [0.15, 0.2) is 11.8 Å². The van der Waals surface area contributed by atoms with E-state index in [2.05, 4.69) is 15.4 Å². The van der Waals surface area contributed by atoms with Crippen LogP contribution in [-0.4, -0.2) is 32.6 Å². The van der Waals surface area contributed by atoms with Crippen LogP contribution in [0.4, 0.5) is 14.5 Å². The predicted octanol–water partition coefficient (Wildman–Crippen LogP) is 3.44. The van der Waals surface area contributed by atoms with Crippen LogP contribution < -0.4 is 5.32 Å². The molecular weight excluding hydrogens is 394 g/mol. The molecular formula is C21H22F2N4O3. The Kier molecular flexibility index (Phi) is 6.09. The molecule has 2 aromatic heterocycles. The fraction of sp³-hybridized carbons (Fsp3) is 0.333. The van der Waals surface area contributed by atoms with E-state index < -0.39 is 29.6 Å². The van der Waals surface area contributed by atoms with E-state index in [-0.39, 0.29) is 12.1 Å². The molecule has 3 rings (SSSR count). The number of esters is 1. The van der Waals surface area contributed by atoms with Crippen molar-refractivity contribution in [2.75, 3.05) is 5.32 Å². The third-order valence-corrected chi connectivity index (χ3v) is 4.73. The van der Waals surface area contributed by atoms with E-state index in [4.69, 9.17) is 4.74 Å². The molecule has 0 unspecified atom stereocenters. The Morgan fingerprint density at radius 1 is 1.20 bits per heavy atom. The molecule has 2 heterocycles. The Labute approximate surface area is 172 Å². The van der Waals surface area contributed by atoms with Crippen LogP contribution in [-0.2, 0) is 20.7 Å². The fourth-order valence-electron chi connectivity index (χ4n) is 3.17. The number of halogens is 2. The highest BCUT2D eigenvalue weighted by atomic mass is 19.1. The molecule has 1 aromatic carbocycles. The lowest BCUT2D eigenvalue weighted by atomic mass is 10.1. The Morgan fingerprint density at radius 2 is 1.93 bits per heavy atom. The van der Waals surface area contributed by atoms with Gasteiger partial charge in [-0.25, -0.2) is 18.3 Å². The molecule has 0 saturated heterocycles. The van der Waals surface area contributed by atoms with Crippen LogP contribution in [0.25, 0.3) is 5.65 Å². The van der Waals surface area contributed by atoms with Crippen LogP contribution in [0.5, 0.6) is 0 Å². The largest absolute Gasteiger partial charge is 0.453 e. The van der Waals surface area contributed by atoms with Crippen molar-refractivity contribution in [3.8, 4) is 0 Å².